The van der Waals surface area contributed by atoms with E-state index in [1.54, 1.807) is 6.07 Å². The van der Waals surface area contributed by atoms with E-state index in [0.29, 0.717) is 28.2 Å². The van der Waals surface area contributed by atoms with Crippen LogP contribution in [-0.4, -0.2) is 83.0 Å². The van der Waals surface area contributed by atoms with E-state index in [0.717, 1.165) is 30.9 Å². The minimum Gasteiger partial charge on any atom is -0.503 e. The average molecular weight is 1030 g/mol. The third kappa shape index (κ3) is 16.2. The molecule has 0 saturated carbocycles. The van der Waals surface area contributed by atoms with E-state index in [1.165, 1.54) is 45.2 Å². The number of esters is 3. The Labute approximate surface area is 395 Å². The molecule has 3 aliphatic heterocycles. The molecule has 31 heteroatoms. The van der Waals surface area contributed by atoms with E-state index in [4.69, 9.17) is 41.1 Å². The molecule has 0 saturated heterocycles. The Morgan fingerprint density at radius 2 is 1.03 bits per heavy atom. The van der Waals surface area contributed by atoms with Gasteiger partial charge in [0.15, 0.2) is 57.1 Å². The number of carbonyl (C=O) groups excluding carboxylic acids is 3. The van der Waals surface area contributed by atoms with Crippen LogP contribution in [0.2, 0.25) is 0 Å². The predicted molar refractivity (Wildman–Crippen MR) is 216 cm³/mol. The number of aromatic amines is 1. The van der Waals surface area contributed by atoms with Crippen LogP contribution in [0.3, 0.4) is 0 Å². The van der Waals surface area contributed by atoms with Crippen LogP contribution >= 0.6 is 12.2 Å². The van der Waals surface area contributed by atoms with Crippen molar-refractivity contribution in [3.63, 3.8) is 0 Å². The number of alkyl halides is 6. The topological polar surface area (TPSA) is 323 Å². The lowest BCUT2D eigenvalue weighted by Gasteiger charge is -2.04. The Kier molecular flexibility index (Phi) is 16.9. The molecule has 9 heterocycles. The lowest BCUT2D eigenvalue weighted by atomic mass is 10.3. The summed E-state index contributed by atoms with van der Waals surface area (Å²) in [5.74, 6) is -4.05. The van der Waals surface area contributed by atoms with Crippen LogP contribution in [0.4, 0.5) is 26.3 Å². The van der Waals surface area contributed by atoms with E-state index >= 15 is 0 Å². The average Bonchev–Trinajstić information content (AvgIpc) is 4.01. The van der Waals surface area contributed by atoms with Crippen LogP contribution in [0.5, 0.6) is 40.2 Å². The number of aromatic carboxylic acids is 1. The Bertz CT molecular complexity index is 3040. The van der Waals surface area contributed by atoms with E-state index in [-0.39, 0.29) is 88.9 Å². The smallest absolute Gasteiger partial charge is 0.503 e. The summed E-state index contributed by atoms with van der Waals surface area (Å²) in [6.07, 6.45) is -5.35. The third-order valence-electron chi connectivity index (χ3n) is 7.87. The summed E-state index contributed by atoms with van der Waals surface area (Å²) in [5, 5.41) is 26.0. The molecule has 24 nitrogen and oxygen atoms in total. The lowest BCUT2D eigenvalue weighted by molar-refractivity contribution is -0.287. The number of carbonyl (C=O) groups is 4. The van der Waals surface area contributed by atoms with Gasteiger partial charge in [-0.2, -0.15) is 0 Å². The molecule has 378 valence electrons. The molecule has 6 aromatic rings. The molecule has 0 amide bonds. The highest BCUT2D eigenvalue weighted by atomic mass is 32.1. The van der Waals surface area contributed by atoms with Gasteiger partial charge < -0.3 is 71.8 Å². The van der Waals surface area contributed by atoms with Gasteiger partial charge in [-0.15, -0.1) is 26.3 Å². The standard InChI is InChI=1S/C9H7F2NO4.C9H7NO4S.C8H9NO4.C7H3F2NO4.C7H5F2NO3/c1-5(13)14-4-6-2-7-8(3-12-6)16-9(10,11)15-7;1-5(11)12-4-6-2-7-8(3-10-6)14-9(15)13-7;1-5(10)13-4-6-2-7(11)8(12)3-9-6;8-7(9)13-4-1-3(6(11)12)10-2-5(4)14-7;8-7(9)12-5-1-4(3-11)10-2-6(5)13-7/h2-3H,4H2,1H3;2-3H,4H2,1H3;2-3,12H,4H2,1H3,(H,9,11);1-2H,(H,11,12);1-2,11H,3H2. The Morgan fingerprint density at radius 3 is 1.52 bits per heavy atom. The number of ether oxygens (including phenoxy) is 9. The second kappa shape index (κ2) is 22.6. The van der Waals surface area contributed by atoms with Gasteiger partial charge in [0.05, 0.1) is 54.2 Å². The highest BCUT2D eigenvalue weighted by Crippen LogP contribution is 2.42. The molecule has 0 radical (unpaired) electrons. The third-order valence-corrected chi connectivity index (χ3v) is 8.03. The van der Waals surface area contributed by atoms with Gasteiger partial charge in [-0.1, -0.05) is 0 Å². The Hall–Kier alpha value is -8.74. The monoisotopic (exact) mass is 1030 g/mol. The molecule has 71 heavy (non-hydrogen) atoms. The molecule has 0 spiro atoms. The summed E-state index contributed by atoms with van der Waals surface area (Å²) >= 11 is 4.72. The van der Waals surface area contributed by atoms with Crippen molar-refractivity contribution in [2.24, 2.45) is 0 Å². The molecule has 3 aliphatic rings. The van der Waals surface area contributed by atoms with E-state index in [9.17, 15) is 50.3 Å². The highest BCUT2D eigenvalue weighted by molar-refractivity contribution is 7.71. The van der Waals surface area contributed by atoms with Crippen LogP contribution in [-0.2, 0) is 55.0 Å². The number of rotatable bonds is 8. The zero-order chi connectivity index (χ0) is 52.3. The quantitative estimate of drug-likeness (QED) is 0.0604. The normalized spacial score (nSPS) is 14.1. The lowest BCUT2D eigenvalue weighted by Crippen LogP contribution is -2.25. The Morgan fingerprint density at radius 1 is 0.606 bits per heavy atom. The zero-order valence-electron chi connectivity index (χ0n) is 35.9. The second-order valence-electron chi connectivity index (χ2n) is 13.4. The van der Waals surface area contributed by atoms with Crippen molar-refractivity contribution in [3.8, 4) is 40.2 Å². The van der Waals surface area contributed by atoms with Gasteiger partial charge >= 0.3 is 47.7 Å². The summed E-state index contributed by atoms with van der Waals surface area (Å²) in [6, 6.07) is 6.11. The van der Waals surface area contributed by atoms with Crippen molar-refractivity contribution in [1.82, 2.24) is 24.9 Å². The largest absolute Gasteiger partial charge is 0.586 e. The van der Waals surface area contributed by atoms with Gasteiger partial charge in [-0.25, -0.2) is 9.78 Å². The molecule has 4 N–H and O–H groups in total. The van der Waals surface area contributed by atoms with Gasteiger partial charge in [-0.05, 0) is 0 Å². The maximum Gasteiger partial charge on any atom is 0.586 e. The number of nitrogens with zero attached hydrogens (tertiary/aromatic N) is 4. The maximum absolute atomic E-state index is 12.6. The number of hydrogen-bond donors (Lipinski definition) is 4. The fraction of sp³-hybridized carbons (Fsp3) is 0.250. The van der Waals surface area contributed by atoms with Gasteiger partial charge in [0, 0.05) is 69.5 Å². The fourth-order valence-corrected chi connectivity index (χ4v) is 5.14. The molecular formula is C40H31F6N5O19S. The van der Waals surface area contributed by atoms with Crippen LogP contribution in [0.25, 0.3) is 11.2 Å². The summed E-state index contributed by atoms with van der Waals surface area (Å²) in [4.78, 5) is 70.3. The van der Waals surface area contributed by atoms with Gasteiger partial charge in [0.25, 0.3) is 0 Å². The van der Waals surface area contributed by atoms with Crippen LogP contribution < -0.4 is 33.8 Å². The minimum absolute atomic E-state index is 0.00481. The van der Waals surface area contributed by atoms with Crippen molar-refractivity contribution in [3.05, 3.63) is 105 Å². The van der Waals surface area contributed by atoms with Crippen molar-refractivity contribution in [2.45, 2.75) is 66.1 Å². The summed E-state index contributed by atoms with van der Waals surface area (Å²) in [6.45, 7) is 3.53. The molecule has 0 atom stereocenters. The van der Waals surface area contributed by atoms with Crippen molar-refractivity contribution in [2.75, 3.05) is 0 Å². The number of hydrogen-bond acceptors (Lipinski definition) is 23. The summed E-state index contributed by atoms with van der Waals surface area (Å²) in [7, 11) is 0. The van der Waals surface area contributed by atoms with Gasteiger partial charge in [0.2, 0.25) is 5.43 Å². The summed E-state index contributed by atoms with van der Waals surface area (Å²) in [5.41, 5.74) is 1.67. The van der Waals surface area contributed by atoms with E-state index in [1.807, 2.05) is 0 Å². The number of aliphatic hydroxyl groups is 1. The first kappa shape index (κ1) is 53.2. The Balaban J connectivity index is 0.000000165. The van der Waals surface area contributed by atoms with Crippen LogP contribution in [0, 0.1) is 4.90 Å². The SMILES string of the molecule is CC(=O)OCc1cc(=O)c(O)c[nH]1.CC(=O)OCc1cc2c(cn1)OC(F)(F)O2.CC(=O)OCc1cc2oc(=S)oc2cn1.O=C(O)c1cc2c(cn1)OC(F)(F)O2.OCc1cc2c(cn1)OC(F)(F)O2. The zero-order valence-corrected chi connectivity index (χ0v) is 36.8. The van der Waals surface area contributed by atoms with Crippen molar-refractivity contribution >= 4 is 47.3 Å². The number of carboxylic acid groups (broad SMARTS) is 1. The van der Waals surface area contributed by atoms with E-state index in [2.05, 4.69) is 62.8 Å². The molecule has 0 bridgehead atoms. The molecule has 0 fully saturated rings. The number of aromatic nitrogens is 5. The van der Waals surface area contributed by atoms with Crippen LogP contribution in [0.15, 0.2) is 74.9 Å². The molecular weight excluding hydrogens is 1000 g/mol. The maximum atomic E-state index is 12.6. The molecule has 0 unspecified atom stereocenters. The number of H-pyrrole nitrogens is 1. The molecule has 9 rings (SSSR count). The highest BCUT2D eigenvalue weighted by Gasteiger charge is 2.45. The van der Waals surface area contributed by atoms with Crippen LogP contribution in [0.1, 0.15) is 54.0 Å². The summed E-state index contributed by atoms with van der Waals surface area (Å²) < 4.78 is 124. The number of aliphatic hydroxyl groups excluding tert-OH is 1. The first-order chi connectivity index (χ1) is 33.3. The van der Waals surface area contributed by atoms with Crippen molar-refractivity contribution in [1.29, 1.82) is 0 Å². The fourth-order valence-electron chi connectivity index (χ4n) is 4.96. The molecule has 0 aromatic carbocycles. The molecule has 0 aliphatic carbocycles. The number of nitrogens with one attached hydrogen (secondary N) is 1. The number of aromatic hydroxyl groups is 1. The first-order valence-electron chi connectivity index (χ1n) is 19.1. The predicted octanol–water partition coefficient (Wildman–Crippen LogP) is 5.82. The van der Waals surface area contributed by atoms with E-state index < -0.39 is 42.2 Å². The second-order valence-corrected chi connectivity index (χ2v) is 13.7. The van der Waals surface area contributed by atoms with Crippen molar-refractivity contribution < 1.29 is 112 Å². The minimum atomic E-state index is -3.75. The number of fused-ring (bicyclic) bond motifs is 4. The number of carboxylic acids is 1. The number of pyridine rings is 5. The first-order valence-corrected chi connectivity index (χ1v) is 19.5. The molecule has 6 aromatic heterocycles. The van der Waals surface area contributed by atoms with Gasteiger partial charge in [0.1, 0.15) is 19.8 Å². The number of halogens is 6. The van der Waals surface area contributed by atoms with Gasteiger partial charge in [-0.3, -0.25) is 34.1 Å².